The van der Waals surface area contributed by atoms with Gasteiger partial charge in [0.25, 0.3) is 0 Å². The Morgan fingerprint density at radius 1 is 0.545 bits per heavy atom. The molecule has 0 saturated heterocycles. The maximum Gasteiger partial charge on any atom is 0.333 e. The molecule has 0 unspecified atom stereocenters. The molecule has 0 aromatic rings. The molecule has 8 nitrogen and oxygen atoms in total. The predicted molar refractivity (Wildman–Crippen MR) is 128 cm³/mol. The van der Waals surface area contributed by atoms with E-state index in [1.807, 2.05) is 0 Å². The summed E-state index contributed by atoms with van der Waals surface area (Å²) in [4.78, 5) is 42.9. The molecule has 0 amide bonds. The zero-order valence-corrected chi connectivity index (χ0v) is 20.2. The summed E-state index contributed by atoms with van der Waals surface area (Å²) in [6.07, 6.45) is 3.50. The van der Waals surface area contributed by atoms with E-state index in [2.05, 4.69) is 48.9 Å². The minimum atomic E-state index is -0.429. The van der Waals surface area contributed by atoms with E-state index >= 15 is 0 Å². The van der Waals surface area contributed by atoms with Crippen molar-refractivity contribution in [3.05, 3.63) is 73.9 Å². The molecule has 0 aliphatic rings. The Hall–Kier alpha value is -3.68. The van der Waals surface area contributed by atoms with Crippen LogP contribution in [0.4, 0.5) is 0 Å². The van der Waals surface area contributed by atoms with E-state index in [4.69, 9.17) is 9.47 Å². The minimum Gasteiger partial charge on any atom is -0.462 e. The van der Waals surface area contributed by atoms with Crippen LogP contribution in [-0.2, 0) is 38.1 Å². The van der Waals surface area contributed by atoms with Gasteiger partial charge in [0.15, 0.2) is 0 Å². The van der Waals surface area contributed by atoms with E-state index in [1.54, 1.807) is 27.7 Å². The van der Waals surface area contributed by atoms with Crippen molar-refractivity contribution in [2.24, 2.45) is 0 Å². The first kappa shape index (κ1) is 33.9. The first-order chi connectivity index (χ1) is 15.3. The number of carbonyl (C=O) groups is 4. The monoisotopic (exact) mass is 464 g/mol. The van der Waals surface area contributed by atoms with Crippen molar-refractivity contribution in [3.8, 4) is 0 Å². The molecule has 0 atom stereocenters. The summed E-state index contributed by atoms with van der Waals surface area (Å²) in [5.41, 5.74) is 1.54. The van der Waals surface area contributed by atoms with Gasteiger partial charge in [-0.2, -0.15) is 0 Å². The third-order valence-corrected chi connectivity index (χ3v) is 2.81. The summed E-state index contributed by atoms with van der Waals surface area (Å²) >= 11 is 0. The largest absolute Gasteiger partial charge is 0.462 e. The molecule has 0 saturated carbocycles. The third-order valence-electron chi connectivity index (χ3n) is 2.81. The van der Waals surface area contributed by atoms with E-state index in [1.165, 1.54) is 12.2 Å². The summed E-state index contributed by atoms with van der Waals surface area (Å²) < 4.78 is 18.8. The molecular weight excluding hydrogens is 428 g/mol. The quantitative estimate of drug-likeness (QED) is 0.139. The summed E-state index contributed by atoms with van der Waals surface area (Å²) in [7, 11) is 0. The molecule has 0 spiro atoms. The Morgan fingerprint density at radius 3 is 1.00 bits per heavy atom. The number of hydrogen-bond acceptors (Lipinski definition) is 8. The third kappa shape index (κ3) is 24.5. The number of esters is 4. The molecule has 0 aromatic heterocycles. The molecule has 0 bridgehead atoms. The van der Waals surface area contributed by atoms with Gasteiger partial charge in [0.05, 0.1) is 13.2 Å². The average molecular weight is 465 g/mol. The Bertz CT molecular complexity index is 682. The molecule has 0 radical (unpaired) electrons. The van der Waals surface area contributed by atoms with Gasteiger partial charge in [-0.1, -0.05) is 51.6 Å². The van der Waals surface area contributed by atoms with E-state index < -0.39 is 11.9 Å². The zero-order chi connectivity index (χ0) is 26.4. The molecule has 184 valence electrons. The lowest BCUT2D eigenvalue weighted by Gasteiger charge is -2.05. The van der Waals surface area contributed by atoms with Crippen LogP contribution in [0.3, 0.4) is 0 Å². The SMILES string of the molecule is C=C(C)C(=O)OCCCOC(=O)C(=C)C.C=CCOC(=O)C(=C)C.C=CCOC(=O)C(=C)C. The molecular formula is C25H36O8. The van der Waals surface area contributed by atoms with Crippen LogP contribution < -0.4 is 0 Å². The highest BCUT2D eigenvalue weighted by Gasteiger charge is 2.04. The maximum absolute atomic E-state index is 10.9. The van der Waals surface area contributed by atoms with Gasteiger partial charge in [-0.05, 0) is 27.7 Å². The number of hydrogen-bond donors (Lipinski definition) is 0. The molecule has 0 aromatic carbocycles. The smallest absolute Gasteiger partial charge is 0.333 e. The van der Waals surface area contributed by atoms with Crippen molar-refractivity contribution >= 4 is 23.9 Å². The second-order valence-electron chi connectivity index (χ2n) is 6.52. The summed E-state index contributed by atoms with van der Waals surface area (Å²) in [5, 5.41) is 0. The van der Waals surface area contributed by atoms with E-state index in [-0.39, 0.29) is 38.4 Å². The van der Waals surface area contributed by atoms with Crippen molar-refractivity contribution in [1.82, 2.24) is 0 Å². The Balaban J connectivity index is -0.000000433. The standard InChI is InChI=1S/C11H16O4.2C7H10O2/c1-8(2)10(12)14-6-5-7-15-11(13)9(3)4;2*1-4-5-9-7(8)6(2)3/h1,3,5-7H2,2,4H3;2*4H,1-2,5H2,3H3. The molecule has 0 heterocycles. The number of carbonyl (C=O) groups excluding carboxylic acids is 4. The lowest BCUT2D eigenvalue weighted by molar-refractivity contribution is -0.142. The number of rotatable bonds is 12. The van der Waals surface area contributed by atoms with Crippen LogP contribution in [-0.4, -0.2) is 50.3 Å². The van der Waals surface area contributed by atoms with Crippen molar-refractivity contribution in [1.29, 1.82) is 0 Å². The van der Waals surface area contributed by atoms with Crippen LogP contribution in [0.5, 0.6) is 0 Å². The van der Waals surface area contributed by atoms with Crippen molar-refractivity contribution < 1.29 is 38.1 Å². The molecule has 0 N–H and O–H groups in total. The van der Waals surface area contributed by atoms with Gasteiger partial charge in [-0.3, -0.25) is 0 Å². The predicted octanol–water partition coefficient (Wildman–Crippen LogP) is 4.20. The summed E-state index contributed by atoms with van der Waals surface area (Å²) in [6.45, 7) is 27.7. The van der Waals surface area contributed by atoms with Crippen molar-refractivity contribution in [2.45, 2.75) is 34.1 Å². The first-order valence-corrected chi connectivity index (χ1v) is 9.83. The highest BCUT2D eigenvalue weighted by Crippen LogP contribution is 1.96. The molecule has 33 heavy (non-hydrogen) atoms. The van der Waals surface area contributed by atoms with Gasteiger partial charge in [-0.25, -0.2) is 19.2 Å². The number of ether oxygens (including phenoxy) is 4. The Kier molecular flexibility index (Phi) is 22.2. The van der Waals surface area contributed by atoms with E-state index in [0.717, 1.165) is 0 Å². The summed E-state index contributed by atoms with van der Waals surface area (Å²) in [6, 6.07) is 0. The molecule has 8 heteroatoms. The van der Waals surface area contributed by atoms with Gasteiger partial charge in [0, 0.05) is 28.7 Å². The van der Waals surface area contributed by atoms with Crippen LogP contribution >= 0.6 is 0 Å². The second kappa shape index (κ2) is 21.5. The summed E-state index contributed by atoms with van der Waals surface area (Å²) in [5.74, 6) is -1.59. The van der Waals surface area contributed by atoms with E-state index in [9.17, 15) is 19.2 Å². The minimum absolute atomic E-state index is 0.217. The topological polar surface area (TPSA) is 105 Å². The van der Waals surface area contributed by atoms with Crippen molar-refractivity contribution in [3.63, 3.8) is 0 Å². The van der Waals surface area contributed by atoms with E-state index in [0.29, 0.717) is 28.7 Å². The van der Waals surface area contributed by atoms with Crippen LogP contribution in [0.15, 0.2) is 73.9 Å². The van der Waals surface area contributed by atoms with Crippen LogP contribution in [0.25, 0.3) is 0 Å². The zero-order valence-electron chi connectivity index (χ0n) is 20.2. The van der Waals surface area contributed by atoms with Gasteiger partial charge >= 0.3 is 23.9 Å². The molecule has 0 aliphatic carbocycles. The highest BCUT2D eigenvalue weighted by molar-refractivity contribution is 5.88. The van der Waals surface area contributed by atoms with Gasteiger partial charge in [0.2, 0.25) is 0 Å². The van der Waals surface area contributed by atoms with Crippen LogP contribution in [0, 0.1) is 0 Å². The highest BCUT2D eigenvalue weighted by atomic mass is 16.5. The lowest BCUT2D eigenvalue weighted by Crippen LogP contribution is -2.11. The van der Waals surface area contributed by atoms with Gasteiger partial charge < -0.3 is 18.9 Å². The molecule has 0 fully saturated rings. The van der Waals surface area contributed by atoms with Crippen LogP contribution in [0.1, 0.15) is 34.1 Å². The first-order valence-electron chi connectivity index (χ1n) is 9.83. The Morgan fingerprint density at radius 2 is 0.788 bits per heavy atom. The fourth-order valence-electron chi connectivity index (χ4n) is 1.15. The lowest BCUT2D eigenvalue weighted by atomic mass is 10.3. The molecule has 0 aliphatic heterocycles. The Labute approximate surface area is 196 Å². The normalized spacial score (nSPS) is 8.61. The van der Waals surface area contributed by atoms with Gasteiger partial charge in [0.1, 0.15) is 13.2 Å². The maximum atomic E-state index is 10.9. The second-order valence-corrected chi connectivity index (χ2v) is 6.52. The van der Waals surface area contributed by atoms with Gasteiger partial charge in [-0.15, -0.1) is 0 Å². The van der Waals surface area contributed by atoms with Crippen LogP contribution in [0.2, 0.25) is 0 Å². The van der Waals surface area contributed by atoms with Crippen molar-refractivity contribution in [2.75, 3.05) is 26.4 Å². The molecule has 0 rings (SSSR count). The fourth-order valence-corrected chi connectivity index (χ4v) is 1.15. The fraction of sp³-hybridized carbons (Fsp3) is 0.360. The average Bonchev–Trinajstić information content (AvgIpc) is 2.75.